The van der Waals surface area contributed by atoms with Gasteiger partial charge in [-0.05, 0) is 40.8 Å². The van der Waals surface area contributed by atoms with E-state index in [1.165, 1.54) is 63.0 Å². The van der Waals surface area contributed by atoms with Gasteiger partial charge < -0.3 is 48.7 Å². The number of carboxylic acids is 1. The fraction of sp³-hybridized carbons (Fsp3) is 0.234. The number of aliphatic hydroxyl groups excluding tert-OH is 2. The zero-order chi connectivity index (χ0) is 67.4. The number of halogens is 6. The number of nitrogens with zero attached hydrogens (tertiary/aromatic N) is 17. The number of nitrogens with one attached hydrogen (secondary N) is 1. The van der Waals surface area contributed by atoms with E-state index in [0.717, 1.165) is 18.6 Å². The monoisotopic (exact) mass is 1320 g/mol. The highest BCUT2D eigenvalue weighted by Crippen LogP contribution is 2.31. The molecule has 32 heteroatoms. The largest absolute Gasteiger partial charge is 0.480 e. The molecule has 0 spiro atoms. The van der Waals surface area contributed by atoms with Crippen LogP contribution in [0.25, 0.3) is 51.6 Å². The predicted molar refractivity (Wildman–Crippen MR) is 331 cm³/mol. The van der Waals surface area contributed by atoms with E-state index in [-0.39, 0.29) is 77.9 Å². The third-order valence-corrected chi connectivity index (χ3v) is 15.0. The van der Waals surface area contributed by atoms with Crippen LogP contribution in [0.15, 0.2) is 161 Å². The van der Waals surface area contributed by atoms with Crippen LogP contribution >= 0.6 is 0 Å². The van der Waals surface area contributed by atoms with Gasteiger partial charge in [-0.3, -0.25) is 0 Å². The van der Waals surface area contributed by atoms with E-state index in [1.807, 2.05) is 4.90 Å². The van der Waals surface area contributed by atoms with Crippen molar-refractivity contribution in [3.05, 3.63) is 216 Å². The van der Waals surface area contributed by atoms with Crippen molar-refractivity contribution in [3.63, 3.8) is 0 Å². The fourth-order valence-corrected chi connectivity index (χ4v) is 10.2. The molecule has 1 atom stereocenters. The number of aliphatic hydroxyl groups is 2. The topological polar surface area (TPSA) is 314 Å². The number of likely N-dealkylation sites (N-methyl/N-ethyl adjacent to an activating group) is 1. The van der Waals surface area contributed by atoms with Crippen LogP contribution in [0.4, 0.5) is 43.8 Å². The predicted octanol–water partition coefficient (Wildman–Crippen LogP) is 8.71. The minimum atomic E-state index is -1.10. The van der Waals surface area contributed by atoms with Crippen LogP contribution in [-0.2, 0) is 28.8 Å². The molecule has 9 aromatic heterocycles. The van der Waals surface area contributed by atoms with Gasteiger partial charge >= 0.3 is 5.97 Å². The third kappa shape index (κ3) is 15.3. The van der Waals surface area contributed by atoms with Crippen LogP contribution in [0.1, 0.15) is 47.6 Å². The number of carbonyl (C=O) groups is 1. The maximum absolute atomic E-state index is 14.6. The molecule has 0 amide bonds. The van der Waals surface area contributed by atoms with Crippen LogP contribution < -0.4 is 15.1 Å². The normalized spacial score (nSPS) is 12.5. The molecule has 1 aliphatic rings. The van der Waals surface area contributed by atoms with Gasteiger partial charge in [0, 0.05) is 92.9 Å². The molecule has 0 radical (unpaired) electrons. The third-order valence-electron chi connectivity index (χ3n) is 15.0. The second kappa shape index (κ2) is 30.1. The van der Waals surface area contributed by atoms with E-state index < -0.39 is 48.7 Å². The van der Waals surface area contributed by atoms with Crippen LogP contribution in [0, 0.1) is 40.8 Å². The molecule has 0 unspecified atom stereocenters. The molecule has 0 saturated carbocycles. The van der Waals surface area contributed by atoms with Crippen molar-refractivity contribution in [3.8, 4) is 51.6 Å². The molecule has 3 aromatic carbocycles. The Labute approximate surface area is 541 Å². The second-order valence-corrected chi connectivity index (χ2v) is 21.8. The molecule has 12 aromatic rings. The van der Waals surface area contributed by atoms with E-state index in [0.29, 0.717) is 93.8 Å². The number of ether oxygens (including phenoxy) is 1. The molecule has 0 bridgehead atoms. The number of anilines is 3. The van der Waals surface area contributed by atoms with E-state index in [2.05, 4.69) is 66.0 Å². The standard InChI is InChI=1S/C23H22F2N6O3.C21H18F2N6O2.C20H18F2N6O3/c1-13(2)20(22(32)33)30(3)21-17(25)11-26-23(27-21)31-12-15(18-8-9-34-29-18)19(28-31)10-14-6-4-5-7-16(14)24;22-16-4-2-1-3-14(16)11-19-15(18-5-8-31-27-18)13-29(26-19)21-24-12-17(23)20(25-21)28-6-9-30-10-7-28;21-15-4-2-1-3-12(15)7-18-14(17-5-6-31-27-17)9-28(26-18)20-23-8-16(22)19(25-20)24-13(10-29)11-30/h4-9,11-13,20H,10H2,1-3H3,(H,32,33);1-5,8,12-13H,6-7,9-11H2;1-6,8-9,13,29-30H,7,10-11H2,(H,23,24,25)/t20-;;/m0../s1. The highest BCUT2D eigenvalue weighted by molar-refractivity contribution is 5.78. The Morgan fingerprint density at radius 1 is 0.552 bits per heavy atom. The summed E-state index contributed by atoms with van der Waals surface area (Å²) in [7, 11) is 1.46. The van der Waals surface area contributed by atoms with E-state index in [9.17, 15) is 46.5 Å². The number of carboxylic acid groups (broad SMARTS) is 1. The summed E-state index contributed by atoms with van der Waals surface area (Å²) in [6, 6.07) is 22.4. The van der Waals surface area contributed by atoms with Crippen molar-refractivity contribution in [2.45, 2.75) is 45.2 Å². The number of aromatic nitrogens is 15. The minimum absolute atomic E-state index is 0.0145. The Morgan fingerprint density at radius 3 is 1.35 bits per heavy atom. The maximum Gasteiger partial charge on any atom is 0.326 e. The Kier molecular flexibility index (Phi) is 20.7. The first kappa shape index (κ1) is 66.0. The summed E-state index contributed by atoms with van der Waals surface area (Å²) in [6.07, 6.45) is 12.7. The summed E-state index contributed by atoms with van der Waals surface area (Å²) in [5.74, 6) is -4.46. The van der Waals surface area contributed by atoms with Crippen LogP contribution in [0.5, 0.6) is 0 Å². The van der Waals surface area contributed by atoms with Crippen molar-refractivity contribution in [2.24, 2.45) is 5.92 Å². The lowest BCUT2D eigenvalue weighted by atomic mass is 10.0. The molecule has 4 N–H and O–H groups in total. The Bertz CT molecular complexity index is 4560. The highest BCUT2D eigenvalue weighted by atomic mass is 19.1. The lowest BCUT2D eigenvalue weighted by molar-refractivity contribution is -0.139. The summed E-state index contributed by atoms with van der Waals surface area (Å²) in [6.45, 7) is 4.70. The van der Waals surface area contributed by atoms with Gasteiger partial charge in [0.15, 0.2) is 34.9 Å². The van der Waals surface area contributed by atoms with Gasteiger partial charge in [-0.25, -0.2) is 60.1 Å². The number of benzene rings is 3. The average molecular weight is 1320 g/mol. The summed E-state index contributed by atoms with van der Waals surface area (Å²) in [4.78, 5) is 39.6. The van der Waals surface area contributed by atoms with Gasteiger partial charge in [-0.15, -0.1) is 0 Å². The van der Waals surface area contributed by atoms with Crippen LogP contribution in [-0.4, -0.2) is 155 Å². The number of hydrogen-bond donors (Lipinski definition) is 4. The molecule has 1 saturated heterocycles. The maximum atomic E-state index is 14.6. The number of aliphatic carboxylic acids is 1. The molecule has 494 valence electrons. The highest BCUT2D eigenvalue weighted by Gasteiger charge is 2.30. The van der Waals surface area contributed by atoms with E-state index >= 15 is 0 Å². The van der Waals surface area contributed by atoms with Crippen molar-refractivity contribution in [2.75, 3.05) is 61.7 Å². The molecule has 10 heterocycles. The summed E-state index contributed by atoms with van der Waals surface area (Å²) < 4.78 is 110. The number of morpholine rings is 1. The Morgan fingerprint density at radius 2 is 0.958 bits per heavy atom. The molecule has 1 aliphatic heterocycles. The first-order chi connectivity index (χ1) is 46.5. The first-order valence-corrected chi connectivity index (χ1v) is 29.6. The molecule has 0 aliphatic carbocycles. The van der Waals surface area contributed by atoms with Gasteiger partial charge in [-0.2, -0.15) is 30.2 Å². The van der Waals surface area contributed by atoms with Gasteiger partial charge in [0.05, 0.1) is 68.1 Å². The number of rotatable bonds is 21. The molecular formula is C64H58F6N18O8. The van der Waals surface area contributed by atoms with Crippen molar-refractivity contribution in [1.29, 1.82) is 0 Å². The molecule has 96 heavy (non-hydrogen) atoms. The zero-order valence-electron chi connectivity index (χ0n) is 51.2. The van der Waals surface area contributed by atoms with Gasteiger partial charge in [-0.1, -0.05) is 83.9 Å². The van der Waals surface area contributed by atoms with Crippen LogP contribution in [0.3, 0.4) is 0 Å². The van der Waals surface area contributed by atoms with Crippen molar-refractivity contribution in [1.82, 2.24) is 74.7 Å². The summed E-state index contributed by atoms with van der Waals surface area (Å²) in [5.41, 5.74) is 6.19. The van der Waals surface area contributed by atoms with Crippen LogP contribution in [0.2, 0.25) is 0 Å². The van der Waals surface area contributed by atoms with Gasteiger partial charge in [0.25, 0.3) is 17.8 Å². The SMILES string of the molecule is CC(C)[C@@H](C(=O)O)N(C)c1nc(-n2cc(-c3ccon3)c(Cc3ccccc3F)n2)ncc1F.Fc1ccccc1Cc1nn(-c2ncc(F)c(N3CCOCC3)n2)cc1-c1ccon1.OCC(CO)Nc1nc(-n2cc(-c3ccon3)c(Cc3ccccc3F)n2)ncc1F. The molecular weight excluding hydrogens is 1260 g/mol. The van der Waals surface area contributed by atoms with E-state index in [1.54, 1.807) is 105 Å². The van der Waals surface area contributed by atoms with Crippen molar-refractivity contribution >= 4 is 23.4 Å². The average Bonchev–Trinajstić information content (AvgIpc) is 1.64. The quantitative estimate of drug-likeness (QED) is 0.0489. The van der Waals surface area contributed by atoms with Gasteiger partial charge in [0.2, 0.25) is 0 Å². The molecule has 26 nitrogen and oxygen atoms in total. The number of hydrogen-bond acceptors (Lipinski definition) is 22. The molecule has 13 rings (SSSR count). The zero-order valence-corrected chi connectivity index (χ0v) is 51.2. The van der Waals surface area contributed by atoms with E-state index in [4.69, 9.17) is 18.3 Å². The lowest BCUT2D eigenvalue weighted by Gasteiger charge is -2.28. The minimum Gasteiger partial charge on any atom is -0.480 e. The first-order valence-electron chi connectivity index (χ1n) is 29.6. The summed E-state index contributed by atoms with van der Waals surface area (Å²) >= 11 is 0. The summed E-state index contributed by atoms with van der Waals surface area (Å²) in [5, 5.41) is 56.0. The lowest BCUT2D eigenvalue weighted by Crippen LogP contribution is -2.43. The smallest absolute Gasteiger partial charge is 0.326 e. The Balaban J connectivity index is 0.000000146. The Hall–Kier alpha value is -11.5. The fourth-order valence-electron chi connectivity index (χ4n) is 10.2. The molecule has 1 fully saturated rings. The van der Waals surface area contributed by atoms with Crippen molar-refractivity contribution < 1.29 is 64.8 Å². The van der Waals surface area contributed by atoms with Gasteiger partial charge in [0.1, 0.15) is 59.4 Å². The second-order valence-electron chi connectivity index (χ2n) is 21.8.